The van der Waals surface area contributed by atoms with E-state index in [0.717, 1.165) is 22.3 Å². The Morgan fingerprint density at radius 2 is 1.36 bits per heavy atom. The SMILES string of the molecule is Cc1noc(-c2ccc(CCl)cc2)c1C(=O)O.Cc1noc(-c2ccc(CCl)cc2)c1NC(=O)O[C@H](C)c1ccccc1Cl. The number of halogens is 3. The van der Waals surface area contributed by atoms with Gasteiger partial charge in [-0.3, -0.25) is 5.32 Å². The van der Waals surface area contributed by atoms with Crippen molar-refractivity contribution in [1.82, 2.24) is 10.3 Å². The number of aryl methyl sites for hydroxylation is 2. The van der Waals surface area contributed by atoms with Crippen LogP contribution in [0.3, 0.4) is 0 Å². The van der Waals surface area contributed by atoms with Crippen molar-refractivity contribution in [2.24, 2.45) is 0 Å². The highest BCUT2D eigenvalue weighted by Gasteiger charge is 2.22. The number of aromatic carboxylic acids is 1. The van der Waals surface area contributed by atoms with Gasteiger partial charge in [0, 0.05) is 33.5 Å². The summed E-state index contributed by atoms with van der Waals surface area (Å²) in [6, 6.07) is 21.9. The first-order valence-electron chi connectivity index (χ1n) is 13.3. The molecule has 0 spiro atoms. The second-order valence-electron chi connectivity index (χ2n) is 9.60. The molecule has 12 heteroatoms. The molecule has 228 valence electrons. The molecule has 2 heterocycles. The zero-order valence-electron chi connectivity index (χ0n) is 23.9. The Hall–Kier alpha value is -4.31. The summed E-state index contributed by atoms with van der Waals surface area (Å²) < 4.78 is 15.9. The molecule has 0 bridgehead atoms. The van der Waals surface area contributed by atoms with E-state index < -0.39 is 18.2 Å². The summed E-state index contributed by atoms with van der Waals surface area (Å²) in [5.41, 5.74) is 5.61. The number of hydrogen-bond acceptors (Lipinski definition) is 7. The molecule has 3 aromatic carbocycles. The van der Waals surface area contributed by atoms with Gasteiger partial charge in [0.05, 0.1) is 5.69 Å². The predicted molar refractivity (Wildman–Crippen MR) is 169 cm³/mol. The standard InChI is InChI=1S/C20H18Cl2N2O3.C12H10ClNO3/c1-12-18(19(27-24-12)15-9-7-14(11-21)8-10-15)23-20(25)26-13(2)16-5-3-4-6-17(16)22;1-7-10(12(15)16)11(17-14-7)9-4-2-8(6-13)3-5-9/h3-10,13H,11H2,1-2H3,(H,23,25);2-5H,6H2,1H3,(H,15,16)/t13-;/m1./s1. The second kappa shape index (κ2) is 14.9. The number of nitrogens with one attached hydrogen (secondary N) is 1. The molecule has 5 aromatic rings. The van der Waals surface area contributed by atoms with E-state index in [1.807, 2.05) is 54.6 Å². The average molecular weight is 657 g/mol. The summed E-state index contributed by atoms with van der Waals surface area (Å²) in [4.78, 5) is 23.5. The summed E-state index contributed by atoms with van der Waals surface area (Å²) in [7, 11) is 0. The Morgan fingerprint density at radius 3 is 1.91 bits per heavy atom. The number of benzene rings is 3. The summed E-state index contributed by atoms with van der Waals surface area (Å²) in [6.07, 6.45) is -1.13. The minimum Gasteiger partial charge on any atom is -0.477 e. The largest absolute Gasteiger partial charge is 0.477 e. The molecule has 0 aliphatic heterocycles. The lowest BCUT2D eigenvalue weighted by Crippen LogP contribution is -2.17. The molecule has 1 atom stereocenters. The number of nitrogens with zero attached hydrogens (tertiary/aromatic N) is 2. The van der Waals surface area contributed by atoms with Gasteiger partial charge in [0.2, 0.25) is 0 Å². The molecule has 0 aliphatic rings. The van der Waals surface area contributed by atoms with Gasteiger partial charge in [-0.2, -0.15) is 0 Å². The molecule has 5 rings (SSSR count). The van der Waals surface area contributed by atoms with Crippen LogP contribution in [-0.4, -0.2) is 27.5 Å². The molecule has 2 aromatic heterocycles. The maximum Gasteiger partial charge on any atom is 0.412 e. The van der Waals surface area contributed by atoms with Gasteiger partial charge >= 0.3 is 12.1 Å². The van der Waals surface area contributed by atoms with E-state index in [1.165, 1.54) is 0 Å². The Labute approximate surface area is 268 Å². The van der Waals surface area contributed by atoms with Crippen molar-refractivity contribution < 1.29 is 28.5 Å². The van der Waals surface area contributed by atoms with Gasteiger partial charge in [0.25, 0.3) is 0 Å². The van der Waals surface area contributed by atoms with E-state index in [1.54, 1.807) is 39.0 Å². The Balaban J connectivity index is 0.000000223. The van der Waals surface area contributed by atoms with Crippen LogP contribution in [0.5, 0.6) is 0 Å². The Morgan fingerprint density at radius 1 is 0.841 bits per heavy atom. The molecule has 1 amide bonds. The smallest absolute Gasteiger partial charge is 0.412 e. The van der Waals surface area contributed by atoms with E-state index in [4.69, 9.17) is 53.7 Å². The lowest BCUT2D eigenvalue weighted by Gasteiger charge is -2.15. The number of hydrogen-bond donors (Lipinski definition) is 2. The van der Waals surface area contributed by atoms with Crippen LogP contribution in [-0.2, 0) is 16.5 Å². The van der Waals surface area contributed by atoms with Crippen LogP contribution in [0.25, 0.3) is 22.6 Å². The molecule has 0 unspecified atom stereocenters. The summed E-state index contributed by atoms with van der Waals surface area (Å²) >= 11 is 17.7. The van der Waals surface area contributed by atoms with E-state index in [2.05, 4.69) is 15.6 Å². The average Bonchev–Trinajstić information content (AvgIpc) is 3.59. The monoisotopic (exact) mass is 655 g/mol. The third-order valence-corrected chi connectivity index (χ3v) is 7.50. The zero-order chi connectivity index (χ0) is 31.8. The highest BCUT2D eigenvalue weighted by atomic mass is 35.5. The Kier molecular flexibility index (Phi) is 11.1. The fourth-order valence-corrected chi connectivity index (χ4v) is 4.83. The molecule has 0 saturated carbocycles. The number of carboxylic acids is 1. The van der Waals surface area contributed by atoms with E-state index >= 15 is 0 Å². The topological polar surface area (TPSA) is 128 Å². The fraction of sp³-hybridized carbons (Fsp3) is 0.188. The van der Waals surface area contributed by atoms with Gasteiger partial charge in [-0.05, 0) is 38.0 Å². The third kappa shape index (κ3) is 7.79. The maximum absolute atomic E-state index is 12.4. The van der Waals surface area contributed by atoms with Crippen LogP contribution < -0.4 is 5.32 Å². The predicted octanol–water partition coefficient (Wildman–Crippen LogP) is 9.44. The maximum atomic E-state index is 12.4. The van der Waals surface area contributed by atoms with Crippen molar-refractivity contribution in [3.8, 4) is 22.6 Å². The molecule has 9 nitrogen and oxygen atoms in total. The summed E-state index contributed by atoms with van der Waals surface area (Å²) in [6.45, 7) is 5.10. The molecule has 2 N–H and O–H groups in total. The van der Waals surface area contributed by atoms with Crippen LogP contribution in [0.2, 0.25) is 5.02 Å². The number of ether oxygens (including phenoxy) is 1. The highest BCUT2D eigenvalue weighted by molar-refractivity contribution is 6.31. The van der Waals surface area contributed by atoms with Crippen molar-refractivity contribution in [2.75, 3.05) is 5.32 Å². The zero-order valence-corrected chi connectivity index (χ0v) is 26.2. The van der Waals surface area contributed by atoms with Gasteiger partial charge in [-0.15, -0.1) is 23.2 Å². The van der Waals surface area contributed by atoms with Crippen LogP contribution in [0.15, 0.2) is 81.8 Å². The quantitative estimate of drug-likeness (QED) is 0.158. The van der Waals surface area contributed by atoms with Crippen molar-refractivity contribution in [1.29, 1.82) is 0 Å². The first kappa shape index (κ1) is 32.6. The number of amides is 1. The third-order valence-electron chi connectivity index (χ3n) is 6.53. The van der Waals surface area contributed by atoms with Gasteiger partial charge in [-0.25, -0.2) is 9.59 Å². The first-order chi connectivity index (χ1) is 21.1. The molecule has 0 fully saturated rings. The van der Waals surface area contributed by atoms with Gasteiger partial charge in [0.15, 0.2) is 11.5 Å². The summed E-state index contributed by atoms with van der Waals surface area (Å²) in [5, 5.41) is 20.0. The minimum atomic E-state index is -1.04. The Bertz CT molecular complexity index is 1730. The molecule has 0 aliphatic carbocycles. The number of carboxylic acid groups (broad SMARTS) is 1. The fourth-order valence-electron chi connectivity index (χ4n) is 4.18. The van der Waals surface area contributed by atoms with Crippen molar-refractivity contribution in [3.05, 3.63) is 111 Å². The number of carbonyl (C=O) groups excluding carboxylic acids is 1. The van der Waals surface area contributed by atoms with Gasteiger partial charge < -0.3 is 18.9 Å². The summed E-state index contributed by atoms with van der Waals surface area (Å²) in [5.74, 6) is 0.529. The number of aromatic nitrogens is 2. The normalized spacial score (nSPS) is 11.3. The highest BCUT2D eigenvalue weighted by Crippen LogP contribution is 2.32. The van der Waals surface area contributed by atoms with E-state index in [-0.39, 0.29) is 11.3 Å². The van der Waals surface area contributed by atoms with Gasteiger partial charge in [-0.1, -0.05) is 88.6 Å². The molecular weight excluding hydrogens is 629 g/mol. The number of anilines is 1. The van der Waals surface area contributed by atoms with Crippen molar-refractivity contribution in [2.45, 2.75) is 38.6 Å². The van der Waals surface area contributed by atoms with E-state index in [0.29, 0.717) is 45.2 Å². The lowest BCUT2D eigenvalue weighted by atomic mass is 10.1. The molecule has 44 heavy (non-hydrogen) atoms. The lowest BCUT2D eigenvalue weighted by molar-refractivity contribution is 0.0696. The number of rotatable bonds is 8. The van der Waals surface area contributed by atoms with Gasteiger partial charge in [0.1, 0.15) is 23.0 Å². The molecular formula is C32H28Cl3N3O6. The van der Waals surface area contributed by atoms with Crippen LogP contribution in [0, 0.1) is 13.8 Å². The van der Waals surface area contributed by atoms with Crippen LogP contribution >= 0.6 is 34.8 Å². The minimum absolute atomic E-state index is 0.101. The number of alkyl halides is 2. The van der Waals surface area contributed by atoms with Crippen molar-refractivity contribution in [3.63, 3.8) is 0 Å². The van der Waals surface area contributed by atoms with E-state index in [9.17, 15) is 9.59 Å². The van der Waals surface area contributed by atoms with Crippen LogP contribution in [0.4, 0.5) is 10.5 Å². The second-order valence-corrected chi connectivity index (χ2v) is 10.5. The molecule has 0 radical (unpaired) electrons. The first-order valence-corrected chi connectivity index (χ1v) is 14.8. The number of carbonyl (C=O) groups is 2. The van der Waals surface area contributed by atoms with Crippen LogP contribution in [0.1, 0.15) is 51.5 Å². The molecule has 0 saturated heterocycles. The van der Waals surface area contributed by atoms with Crippen molar-refractivity contribution >= 4 is 52.6 Å².